The SMILES string of the molecule is N#CN=c1c2c(c3nc4cc5nc6c(=NC#N)c7cc(-c8ccc(C(F)(F)F)cc8)ccc7c6nc5cc4nc13)C=CC(c1ccc(C(F)(F)F)cc1)C2. The van der Waals surface area contributed by atoms with Crippen LogP contribution in [0.4, 0.5) is 26.3 Å². The lowest BCUT2D eigenvalue weighted by molar-refractivity contribution is -0.138. The Morgan fingerprint density at radius 2 is 1.09 bits per heavy atom. The fraction of sp³-hybridized carbons (Fsp3) is 0.100. The molecule has 0 radical (unpaired) electrons. The van der Waals surface area contributed by atoms with Crippen molar-refractivity contribution >= 4 is 61.0 Å². The standard InChI is InChI=1S/C40H18F6N8/c41-39(42,43)23-7-1-19(2-8-23)21-5-11-25-27(13-21)33(49-17-47)37-35(25)51-29-15-32-30(16-31(29)53-37)52-36-26-12-6-22(14-28(26)34(50-18-48)38(36)54-32)20-3-9-24(10-4-20)40(44,45)46/h1-13,15-16,22H,14H2. The van der Waals surface area contributed by atoms with Gasteiger partial charge in [-0.2, -0.15) is 46.9 Å². The summed E-state index contributed by atoms with van der Waals surface area (Å²) in [5.74, 6) is -0.268. The first-order valence-corrected chi connectivity index (χ1v) is 16.3. The Balaban J connectivity index is 1.17. The summed E-state index contributed by atoms with van der Waals surface area (Å²) in [7, 11) is 0. The summed E-state index contributed by atoms with van der Waals surface area (Å²) in [6.07, 6.45) is -1.16. The largest absolute Gasteiger partial charge is 0.416 e. The molecule has 0 bridgehead atoms. The highest BCUT2D eigenvalue weighted by Gasteiger charge is 2.31. The zero-order valence-corrected chi connectivity index (χ0v) is 27.3. The smallest absolute Gasteiger partial charge is 0.244 e. The van der Waals surface area contributed by atoms with E-state index in [2.05, 4.69) is 9.98 Å². The first-order chi connectivity index (χ1) is 25.9. The van der Waals surface area contributed by atoms with Gasteiger partial charge >= 0.3 is 12.4 Å². The molecule has 0 N–H and O–H groups in total. The Bertz CT molecular complexity index is 3120. The van der Waals surface area contributed by atoms with E-state index in [-0.39, 0.29) is 11.3 Å². The highest BCUT2D eigenvalue weighted by molar-refractivity contribution is 6.11. The summed E-state index contributed by atoms with van der Waals surface area (Å²) < 4.78 is 79.0. The van der Waals surface area contributed by atoms with E-state index >= 15 is 0 Å². The van der Waals surface area contributed by atoms with Crippen molar-refractivity contribution < 1.29 is 26.3 Å². The number of hydrogen-bond acceptors (Lipinski definition) is 8. The van der Waals surface area contributed by atoms with E-state index in [9.17, 15) is 36.9 Å². The van der Waals surface area contributed by atoms with Crippen LogP contribution in [0.3, 0.4) is 0 Å². The molecule has 1 aliphatic rings. The average Bonchev–Trinajstić information content (AvgIpc) is 3.61. The van der Waals surface area contributed by atoms with Crippen LogP contribution in [0.2, 0.25) is 0 Å². The highest BCUT2D eigenvalue weighted by atomic mass is 19.4. The fourth-order valence-corrected chi connectivity index (χ4v) is 7.20. The minimum absolute atomic E-state index is 0.268. The van der Waals surface area contributed by atoms with Crippen molar-refractivity contribution in [3.8, 4) is 23.5 Å². The molecule has 2 heterocycles. The van der Waals surface area contributed by atoms with Crippen molar-refractivity contribution in [3.05, 3.63) is 123 Å². The predicted molar refractivity (Wildman–Crippen MR) is 187 cm³/mol. The Labute approximate surface area is 299 Å². The number of rotatable bonds is 2. The molecule has 0 saturated heterocycles. The normalized spacial score (nSPS) is 15.4. The lowest BCUT2D eigenvalue weighted by atomic mass is 9.86. The van der Waals surface area contributed by atoms with E-state index in [4.69, 9.17) is 19.9 Å². The van der Waals surface area contributed by atoms with E-state index in [1.807, 2.05) is 24.5 Å². The molecule has 260 valence electrons. The molecule has 54 heavy (non-hydrogen) atoms. The van der Waals surface area contributed by atoms with Crippen LogP contribution in [-0.2, 0) is 18.8 Å². The number of aromatic nitrogens is 4. The number of alkyl halides is 6. The number of benzene rings is 4. The first kappa shape index (κ1) is 32.8. The summed E-state index contributed by atoms with van der Waals surface area (Å²) in [6, 6.07) is 18.5. The molecule has 0 spiro atoms. The molecule has 1 aliphatic carbocycles. The third-order valence-electron chi connectivity index (χ3n) is 9.75. The highest BCUT2D eigenvalue weighted by Crippen LogP contribution is 2.37. The van der Waals surface area contributed by atoms with Crippen molar-refractivity contribution in [2.24, 2.45) is 9.98 Å². The van der Waals surface area contributed by atoms with Gasteiger partial charge in [0.15, 0.2) is 0 Å². The fourth-order valence-electron chi connectivity index (χ4n) is 7.20. The summed E-state index contributed by atoms with van der Waals surface area (Å²) in [4.78, 5) is 27.7. The lowest BCUT2D eigenvalue weighted by Crippen LogP contribution is -2.14. The van der Waals surface area contributed by atoms with Gasteiger partial charge in [0.1, 0.15) is 21.7 Å². The van der Waals surface area contributed by atoms with Crippen molar-refractivity contribution in [1.29, 1.82) is 10.5 Å². The Morgan fingerprint density at radius 1 is 0.574 bits per heavy atom. The first-order valence-electron chi connectivity index (χ1n) is 16.3. The predicted octanol–water partition coefficient (Wildman–Crippen LogP) is 8.73. The molecule has 1 atom stereocenters. The Hall–Kier alpha value is -7.06. The van der Waals surface area contributed by atoms with Crippen LogP contribution >= 0.6 is 0 Å². The molecule has 1 unspecified atom stereocenters. The third kappa shape index (κ3) is 5.22. The van der Waals surface area contributed by atoms with Crippen LogP contribution in [-0.4, -0.2) is 19.9 Å². The quantitative estimate of drug-likeness (QED) is 0.0998. The zero-order chi connectivity index (χ0) is 37.5. The van der Waals surface area contributed by atoms with Gasteiger partial charge in [-0.1, -0.05) is 48.6 Å². The molecule has 9 rings (SSSR count). The van der Waals surface area contributed by atoms with Crippen LogP contribution in [0.5, 0.6) is 0 Å². The minimum atomic E-state index is -4.47. The molecule has 14 heteroatoms. The molecule has 0 fully saturated rings. The van der Waals surface area contributed by atoms with Gasteiger partial charge < -0.3 is 0 Å². The number of allylic oxidation sites excluding steroid dienone is 1. The lowest BCUT2D eigenvalue weighted by Gasteiger charge is -2.18. The Kier molecular flexibility index (Phi) is 7.13. The number of hydrogen-bond donors (Lipinski definition) is 0. The van der Waals surface area contributed by atoms with E-state index in [0.29, 0.717) is 94.5 Å². The second kappa shape index (κ2) is 11.7. The van der Waals surface area contributed by atoms with Gasteiger partial charge in [-0.25, -0.2) is 19.9 Å². The van der Waals surface area contributed by atoms with Crippen LogP contribution in [0.1, 0.15) is 33.7 Å². The maximum absolute atomic E-state index is 13.2. The average molecular weight is 725 g/mol. The van der Waals surface area contributed by atoms with E-state index in [1.54, 1.807) is 30.3 Å². The molecular formula is C40H18F6N8. The van der Waals surface area contributed by atoms with Gasteiger partial charge in [0, 0.05) is 22.3 Å². The summed E-state index contributed by atoms with van der Waals surface area (Å²) in [6.45, 7) is 0. The van der Waals surface area contributed by atoms with E-state index in [0.717, 1.165) is 24.3 Å². The molecule has 0 saturated carbocycles. The van der Waals surface area contributed by atoms with Crippen molar-refractivity contribution in [3.63, 3.8) is 0 Å². The second-order valence-electron chi connectivity index (χ2n) is 12.8. The third-order valence-corrected chi connectivity index (χ3v) is 9.75. The Morgan fingerprint density at radius 3 is 1.69 bits per heavy atom. The molecular weight excluding hydrogens is 706 g/mol. The van der Waals surface area contributed by atoms with Gasteiger partial charge in [0.25, 0.3) is 0 Å². The molecule has 0 aliphatic heterocycles. The summed E-state index contributed by atoms with van der Waals surface area (Å²) in [5, 5.41) is 21.0. The van der Waals surface area contributed by atoms with Gasteiger partial charge in [-0.05, 0) is 71.1 Å². The minimum Gasteiger partial charge on any atom is -0.244 e. The van der Waals surface area contributed by atoms with Crippen LogP contribution in [0.15, 0.2) is 94.9 Å². The molecule has 8 aromatic rings. The van der Waals surface area contributed by atoms with Crippen LogP contribution in [0.25, 0.3) is 72.1 Å². The molecule has 6 aromatic carbocycles. The maximum atomic E-state index is 13.2. The topological polar surface area (TPSA) is 124 Å². The molecule has 2 aromatic heterocycles. The number of nitriles is 2. The van der Waals surface area contributed by atoms with Crippen LogP contribution < -0.4 is 10.7 Å². The number of fused-ring (bicyclic) bond motifs is 8. The van der Waals surface area contributed by atoms with E-state index < -0.39 is 23.5 Å². The van der Waals surface area contributed by atoms with Gasteiger partial charge in [-0.3, -0.25) is 0 Å². The molecule has 0 amide bonds. The maximum Gasteiger partial charge on any atom is 0.416 e. The van der Waals surface area contributed by atoms with E-state index in [1.165, 1.54) is 24.3 Å². The van der Waals surface area contributed by atoms with Crippen molar-refractivity contribution in [2.75, 3.05) is 0 Å². The van der Waals surface area contributed by atoms with Gasteiger partial charge in [0.05, 0.1) is 44.2 Å². The monoisotopic (exact) mass is 724 g/mol. The summed E-state index contributed by atoms with van der Waals surface area (Å²) in [5.41, 5.74) is 5.28. The number of nitrogens with zero attached hydrogens (tertiary/aromatic N) is 8. The van der Waals surface area contributed by atoms with Crippen molar-refractivity contribution in [2.45, 2.75) is 24.7 Å². The van der Waals surface area contributed by atoms with Gasteiger partial charge in [0.2, 0.25) is 12.4 Å². The molecule has 8 nitrogen and oxygen atoms in total. The van der Waals surface area contributed by atoms with Crippen molar-refractivity contribution in [1.82, 2.24) is 19.9 Å². The number of halogens is 6. The second-order valence-corrected chi connectivity index (χ2v) is 12.8. The van der Waals surface area contributed by atoms with Gasteiger partial charge in [-0.15, -0.1) is 0 Å². The zero-order valence-electron chi connectivity index (χ0n) is 27.3. The van der Waals surface area contributed by atoms with Crippen LogP contribution in [0, 0.1) is 22.9 Å². The summed E-state index contributed by atoms with van der Waals surface area (Å²) >= 11 is 0.